The summed E-state index contributed by atoms with van der Waals surface area (Å²) in [5.41, 5.74) is 2.33. The summed E-state index contributed by atoms with van der Waals surface area (Å²) < 4.78 is 22.5. The minimum Gasteiger partial charge on any atom is -0.481 e. The second kappa shape index (κ2) is 14.3. The summed E-state index contributed by atoms with van der Waals surface area (Å²) in [6.07, 6.45) is 2.07. The number of carbonyl (C=O) groups excluding carboxylic acids is 3. The zero-order valence-electron chi connectivity index (χ0n) is 26.1. The van der Waals surface area contributed by atoms with Gasteiger partial charge >= 0.3 is 11.9 Å². The van der Waals surface area contributed by atoms with Crippen LogP contribution in [0.5, 0.6) is 11.5 Å². The number of ether oxygens (including phenoxy) is 3. The number of fused-ring (bicyclic) bond motifs is 1. The molecule has 11 heteroatoms. The highest BCUT2D eigenvalue weighted by molar-refractivity contribution is 6.02. The van der Waals surface area contributed by atoms with E-state index in [0.29, 0.717) is 22.9 Å². The number of furan rings is 1. The summed E-state index contributed by atoms with van der Waals surface area (Å²) >= 11 is 0. The number of carboxylic acid groups (broad SMARTS) is 1. The standard InChI is InChI=1S/C37H34N2O9/c1-23(39(18-8-11-24-9-4-2-5-10-24)36(42)34-29(37(43)44)21-33(40)48-34)28(25-14-16-30-32(19-25)46-22-45-30)20-27-15-17-31(47-27)35(41)38-26-12-6-3-7-13-26/h2-17,19,23,28-29,34H,18,20-22H2,1H3,(H,38,41)(H,43,44)/b11-8+. The third-order valence-corrected chi connectivity index (χ3v) is 8.50. The van der Waals surface area contributed by atoms with E-state index >= 15 is 0 Å². The van der Waals surface area contributed by atoms with Crippen LogP contribution in [0.4, 0.5) is 5.69 Å². The molecule has 246 valence electrons. The molecule has 2 amide bonds. The van der Waals surface area contributed by atoms with Gasteiger partial charge in [0.25, 0.3) is 11.8 Å². The highest BCUT2D eigenvalue weighted by atomic mass is 16.7. The summed E-state index contributed by atoms with van der Waals surface area (Å²) in [5.74, 6) is -3.06. The minimum atomic E-state index is -1.48. The fourth-order valence-electron chi connectivity index (χ4n) is 5.95. The number of hydrogen-bond acceptors (Lipinski definition) is 8. The average molecular weight is 651 g/mol. The Morgan fingerprint density at radius 2 is 1.69 bits per heavy atom. The van der Waals surface area contributed by atoms with Gasteiger partial charge in [0.1, 0.15) is 11.7 Å². The molecule has 6 rings (SSSR count). The van der Waals surface area contributed by atoms with E-state index in [2.05, 4.69) is 5.32 Å². The molecule has 0 radical (unpaired) electrons. The van der Waals surface area contributed by atoms with Gasteiger partial charge in [-0.2, -0.15) is 0 Å². The maximum Gasteiger partial charge on any atom is 0.311 e. The number of nitrogens with zero attached hydrogens (tertiary/aromatic N) is 1. The van der Waals surface area contributed by atoms with Crippen LogP contribution in [-0.4, -0.2) is 59.2 Å². The van der Waals surface area contributed by atoms with Crippen molar-refractivity contribution in [2.45, 2.75) is 37.8 Å². The molecule has 4 atom stereocenters. The number of carbonyl (C=O) groups is 4. The number of aliphatic carboxylic acids is 1. The van der Waals surface area contributed by atoms with Crippen LogP contribution >= 0.6 is 0 Å². The van der Waals surface area contributed by atoms with E-state index in [1.807, 2.05) is 79.7 Å². The Labute approximate surface area is 276 Å². The van der Waals surface area contributed by atoms with Crippen molar-refractivity contribution in [2.75, 3.05) is 18.7 Å². The molecule has 48 heavy (non-hydrogen) atoms. The zero-order chi connectivity index (χ0) is 33.6. The number of amides is 2. The van der Waals surface area contributed by atoms with Gasteiger partial charge in [0, 0.05) is 30.6 Å². The van der Waals surface area contributed by atoms with E-state index in [9.17, 15) is 24.3 Å². The van der Waals surface area contributed by atoms with E-state index in [1.165, 1.54) is 4.90 Å². The molecule has 2 aliphatic heterocycles. The first-order valence-corrected chi connectivity index (χ1v) is 15.6. The Bertz CT molecular complexity index is 1820. The predicted octanol–water partition coefficient (Wildman–Crippen LogP) is 5.53. The molecule has 0 aliphatic carbocycles. The molecule has 3 heterocycles. The first kappa shape index (κ1) is 32.1. The van der Waals surface area contributed by atoms with Crippen molar-refractivity contribution in [3.05, 3.63) is 120 Å². The number of rotatable bonds is 12. The minimum absolute atomic E-state index is 0.0790. The van der Waals surface area contributed by atoms with Gasteiger partial charge in [-0.05, 0) is 54.4 Å². The smallest absolute Gasteiger partial charge is 0.311 e. The fourth-order valence-corrected chi connectivity index (χ4v) is 5.95. The molecular weight excluding hydrogens is 616 g/mol. The van der Waals surface area contributed by atoms with Crippen molar-refractivity contribution < 1.29 is 42.9 Å². The molecule has 1 fully saturated rings. The Kier molecular flexibility index (Phi) is 9.56. The van der Waals surface area contributed by atoms with Crippen LogP contribution < -0.4 is 14.8 Å². The second-order valence-corrected chi connectivity index (χ2v) is 11.6. The lowest BCUT2D eigenvalue weighted by Crippen LogP contribution is -2.49. The van der Waals surface area contributed by atoms with Gasteiger partial charge in [0.05, 0.1) is 6.42 Å². The van der Waals surface area contributed by atoms with Crippen LogP contribution in [-0.2, 0) is 25.5 Å². The molecule has 1 aromatic heterocycles. The van der Waals surface area contributed by atoms with Gasteiger partial charge < -0.3 is 34.0 Å². The molecule has 3 aromatic carbocycles. The van der Waals surface area contributed by atoms with E-state index in [1.54, 1.807) is 30.3 Å². The second-order valence-electron chi connectivity index (χ2n) is 11.6. The van der Waals surface area contributed by atoms with Gasteiger partial charge in [0.15, 0.2) is 23.4 Å². The van der Waals surface area contributed by atoms with E-state index < -0.39 is 47.7 Å². The van der Waals surface area contributed by atoms with Crippen LogP contribution in [0.25, 0.3) is 6.08 Å². The third-order valence-electron chi connectivity index (χ3n) is 8.50. The highest BCUT2D eigenvalue weighted by Gasteiger charge is 2.47. The molecule has 2 N–H and O–H groups in total. The number of carboxylic acids is 1. The topological polar surface area (TPSA) is 145 Å². The van der Waals surface area contributed by atoms with Crippen molar-refractivity contribution in [3.63, 3.8) is 0 Å². The van der Waals surface area contributed by atoms with Gasteiger partial charge in [0.2, 0.25) is 6.79 Å². The van der Waals surface area contributed by atoms with Crippen LogP contribution in [0.3, 0.4) is 0 Å². The molecule has 4 unspecified atom stereocenters. The van der Waals surface area contributed by atoms with Crippen LogP contribution in [0.15, 0.2) is 101 Å². The largest absolute Gasteiger partial charge is 0.481 e. The lowest BCUT2D eigenvalue weighted by atomic mass is 9.86. The van der Waals surface area contributed by atoms with Crippen LogP contribution in [0, 0.1) is 5.92 Å². The maximum atomic E-state index is 14.2. The van der Waals surface area contributed by atoms with Crippen LogP contribution in [0.1, 0.15) is 46.7 Å². The quantitative estimate of drug-likeness (QED) is 0.189. The van der Waals surface area contributed by atoms with Gasteiger partial charge in [-0.25, -0.2) is 0 Å². The number of benzene rings is 3. The molecular formula is C37H34N2O9. The number of para-hydroxylation sites is 1. The molecule has 0 bridgehead atoms. The van der Waals surface area contributed by atoms with Crippen molar-refractivity contribution in [2.24, 2.45) is 5.92 Å². The fraction of sp³-hybridized carbons (Fsp3) is 0.243. The average Bonchev–Trinajstić information content (AvgIpc) is 3.86. The van der Waals surface area contributed by atoms with E-state index in [-0.39, 0.29) is 31.9 Å². The van der Waals surface area contributed by atoms with Crippen LogP contribution in [0.2, 0.25) is 0 Å². The number of cyclic esters (lactones) is 1. The SMILES string of the molecule is CC(C(Cc1ccc(C(=O)Nc2ccccc2)o1)c1ccc2c(c1)OCO2)N(C/C=C/c1ccccc1)C(=O)C1OC(=O)CC1C(=O)O. The first-order chi connectivity index (χ1) is 23.3. The number of esters is 1. The monoisotopic (exact) mass is 650 g/mol. The van der Waals surface area contributed by atoms with Crippen molar-refractivity contribution in [1.29, 1.82) is 0 Å². The summed E-state index contributed by atoms with van der Waals surface area (Å²) in [5, 5.41) is 12.6. The van der Waals surface area contributed by atoms with E-state index in [4.69, 9.17) is 18.6 Å². The lowest BCUT2D eigenvalue weighted by Gasteiger charge is -2.36. The predicted molar refractivity (Wildman–Crippen MR) is 174 cm³/mol. The van der Waals surface area contributed by atoms with Gasteiger partial charge in [-0.1, -0.05) is 66.7 Å². The van der Waals surface area contributed by atoms with Crippen molar-refractivity contribution in [1.82, 2.24) is 4.90 Å². The number of nitrogens with one attached hydrogen (secondary N) is 1. The zero-order valence-corrected chi connectivity index (χ0v) is 26.1. The summed E-state index contributed by atoms with van der Waals surface area (Å²) in [6.45, 7) is 2.02. The molecule has 0 spiro atoms. The molecule has 2 aliphatic rings. The lowest BCUT2D eigenvalue weighted by molar-refractivity contribution is -0.158. The normalized spacial score (nSPS) is 17.9. The third kappa shape index (κ3) is 7.25. The molecule has 1 saturated heterocycles. The van der Waals surface area contributed by atoms with Crippen molar-refractivity contribution >= 4 is 35.5 Å². The Morgan fingerprint density at radius 3 is 2.44 bits per heavy atom. The highest BCUT2D eigenvalue weighted by Crippen LogP contribution is 2.38. The molecule has 11 nitrogen and oxygen atoms in total. The number of hydrogen-bond donors (Lipinski definition) is 2. The van der Waals surface area contributed by atoms with E-state index in [0.717, 1.165) is 11.1 Å². The Hall–Kier alpha value is -5.84. The maximum absolute atomic E-state index is 14.2. The van der Waals surface area contributed by atoms with Gasteiger partial charge in [-0.3, -0.25) is 19.2 Å². The first-order valence-electron chi connectivity index (χ1n) is 15.6. The van der Waals surface area contributed by atoms with Crippen molar-refractivity contribution in [3.8, 4) is 11.5 Å². The summed E-state index contributed by atoms with van der Waals surface area (Å²) in [7, 11) is 0. The Balaban J connectivity index is 1.32. The number of anilines is 1. The molecule has 0 saturated carbocycles. The Morgan fingerprint density at radius 1 is 0.958 bits per heavy atom. The summed E-state index contributed by atoms with van der Waals surface area (Å²) in [6, 6.07) is 26.8. The van der Waals surface area contributed by atoms with Gasteiger partial charge in [-0.15, -0.1) is 0 Å². The summed E-state index contributed by atoms with van der Waals surface area (Å²) in [4.78, 5) is 52.9. The molecule has 4 aromatic rings.